The second-order valence-corrected chi connectivity index (χ2v) is 4.96. The minimum atomic E-state index is -0.202. The Kier molecular flexibility index (Phi) is 3.84. The van der Waals surface area contributed by atoms with Gasteiger partial charge in [-0.25, -0.2) is 0 Å². The number of aromatic hydroxyl groups is 1. The van der Waals surface area contributed by atoms with Crippen LogP contribution in [-0.2, 0) is 12.8 Å². The van der Waals surface area contributed by atoms with Gasteiger partial charge in [-0.15, -0.1) is 0 Å². The lowest BCUT2D eigenvalue weighted by molar-refractivity contribution is 0.129. The molecule has 0 saturated carbocycles. The van der Waals surface area contributed by atoms with Gasteiger partial charge in [-0.3, -0.25) is 0 Å². The average molecular weight is 222 g/mol. The van der Waals surface area contributed by atoms with E-state index in [1.165, 1.54) is 0 Å². The van der Waals surface area contributed by atoms with Crippen molar-refractivity contribution in [1.29, 1.82) is 0 Å². The van der Waals surface area contributed by atoms with E-state index < -0.39 is 0 Å². The summed E-state index contributed by atoms with van der Waals surface area (Å²) in [5, 5.41) is 9.79. The summed E-state index contributed by atoms with van der Waals surface area (Å²) in [6.07, 6.45) is 1.71. The lowest BCUT2D eigenvalue weighted by Gasteiger charge is -2.24. The highest BCUT2D eigenvalue weighted by Gasteiger charge is 2.17. The fourth-order valence-electron chi connectivity index (χ4n) is 1.87. The predicted molar refractivity (Wildman–Crippen MR) is 67.2 cm³/mol. The number of benzene rings is 1. The van der Waals surface area contributed by atoms with Crippen molar-refractivity contribution >= 4 is 0 Å². The van der Waals surface area contributed by atoms with Gasteiger partial charge in [0.05, 0.1) is 0 Å². The molecule has 2 nitrogen and oxygen atoms in total. The molecule has 0 saturated heterocycles. The van der Waals surface area contributed by atoms with Crippen LogP contribution in [0.1, 0.15) is 45.7 Å². The van der Waals surface area contributed by atoms with Crippen LogP contribution in [0.3, 0.4) is 0 Å². The Hall–Kier alpha value is -1.18. The summed E-state index contributed by atoms with van der Waals surface area (Å²) in [6.45, 7) is 10.2. The zero-order valence-corrected chi connectivity index (χ0v) is 10.9. The van der Waals surface area contributed by atoms with Crippen molar-refractivity contribution in [2.24, 2.45) is 0 Å². The predicted octanol–water partition coefficient (Wildman–Crippen LogP) is 3.69. The number of hydrogen-bond donors (Lipinski definition) is 1. The van der Waals surface area contributed by atoms with Gasteiger partial charge >= 0.3 is 0 Å². The molecular weight excluding hydrogens is 200 g/mol. The van der Waals surface area contributed by atoms with E-state index >= 15 is 0 Å². The minimum absolute atomic E-state index is 0.202. The van der Waals surface area contributed by atoms with E-state index in [1.54, 1.807) is 6.07 Å². The molecule has 0 aliphatic carbocycles. The van der Waals surface area contributed by atoms with Crippen LogP contribution < -0.4 is 4.74 Å². The van der Waals surface area contributed by atoms with Crippen LogP contribution in [0.5, 0.6) is 11.5 Å². The normalized spacial score (nSPS) is 11.6. The molecule has 0 aliphatic rings. The minimum Gasteiger partial charge on any atom is -0.508 e. The first kappa shape index (κ1) is 12.9. The lowest BCUT2D eigenvalue weighted by atomic mass is 10.0. The SMILES string of the molecule is CCc1c(O)ccc(OC(C)(C)C)c1CC. The molecule has 0 heterocycles. The van der Waals surface area contributed by atoms with E-state index in [1.807, 2.05) is 26.8 Å². The van der Waals surface area contributed by atoms with Crippen LogP contribution in [0.25, 0.3) is 0 Å². The monoisotopic (exact) mass is 222 g/mol. The molecule has 0 radical (unpaired) electrons. The molecule has 1 N–H and O–H groups in total. The topological polar surface area (TPSA) is 29.5 Å². The van der Waals surface area contributed by atoms with Gasteiger partial charge in [-0.05, 0) is 45.7 Å². The molecule has 0 unspecified atom stereocenters. The van der Waals surface area contributed by atoms with E-state index in [0.29, 0.717) is 5.75 Å². The Bertz CT molecular complexity index is 362. The lowest BCUT2D eigenvalue weighted by Crippen LogP contribution is -2.23. The quantitative estimate of drug-likeness (QED) is 0.845. The van der Waals surface area contributed by atoms with Gasteiger partial charge in [-0.2, -0.15) is 0 Å². The zero-order valence-electron chi connectivity index (χ0n) is 10.9. The summed E-state index contributed by atoms with van der Waals surface area (Å²) in [6, 6.07) is 3.58. The van der Waals surface area contributed by atoms with Crippen molar-refractivity contribution in [2.45, 2.75) is 53.1 Å². The van der Waals surface area contributed by atoms with Crippen LogP contribution in [0, 0.1) is 0 Å². The number of phenolic OH excluding ortho intramolecular Hbond substituents is 1. The van der Waals surface area contributed by atoms with Crippen LogP contribution >= 0.6 is 0 Å². The zero-order chi connectivity index (χ0) is 12.3. The molecule has 1 aromatic rings. The van der Waals surface area contributed by atoms with Gasteiger partial charge in [-0.1, -0.05) is 13.8 Å². The molecule has 90 valence electrons. The molecule has 1 aromatic carbocycles. The van der Waals surface area contributed by atoms with E-state index in [2.05, 4.69) is 13.8 Å². The maximum absolute atomic E-state index is 9.79. The van der Waals surface area contributed by atoms with Crippen LogP contribution in [0.2, 0.25) is 0 Å². The van der Waals surface area contributed by atoms with Gasteiger partial charge < -0.3 is 9.84 Å². The third-order valence-corrected chi connectivity index (χ3v) is 2.49. The maximum Gasteiger partial charge on any atom is 0.123 e. The second-order valence-electron chi connectivity index (χ2n) is 4.96. The molecule has 0 bridgehead atoms. The molecule has 0 spiro atoms. The fraction of sp³-hybridized carbons (Fsp3) is 0.571. The van der Waals surface area contributed by atoms with Gasteiger partial charge in [0.1, 0.15) is 17.1 Å². The van der Waals surface area contributed by atoms with E-state index in [9.17, 15) is 5.11 Å². The largest absolute Gasteiger partial charge is 0.508 e. The summed E-state index contributed by atoms with van der Waals surface area (Å²) >= 11 is 0. The summed E-state index contributed by atoms with van der Waals surface area (Å²) < 4.78 is 5.91. The highest BCUT2D eigenvalue weighted by molar-refractivity contribution is 5.48. The van der Waals surface area contributed by atoms with E-state index in [4.69, 9.17) is 4.74 Å². The molecule has 0 atom stereocenters. The van der Waals surface area contributed by atoms with Crippen molar-refractivity contribution in [3.8, 4) is 11.5 Å². The van der Waals surface area contributed by atoms with Crippen molar-refractivity contribution in [3.63, 3.8) is 0 Å². The first-order valence-electron chi connectivity index (χ1n) is 5.91. The first-order chi connectivity index (χ1) is 7.39. The molecule has 0 aliphatic heterocycles. The Morgan fingerprint density at radius 3 is 2.06 bits per heavy atom. The fourth-order valence-corrected chi connectivity index (χ4v) is 1.87. The standard InChI is InChI=1S/C14H22O2/c1-6-10-11(7-2)13(9-8-12(10)15)16-14(3,4)5/h8-9,15H,6-7H2,1-5H3. The summed E-state index contributed by atoms with van der Waals surface area (Å²) in [4.78, 5) is 0. The van der Waals surface area contributed by atoms with Gasteiger partial charge in [0.25, 0.3) is 0 Å². The number of hydrogen-bond acceptors (Lipinski definition) is 2. The Morgan fingerprint density at radius 2 is 1.62 bits per heavy atom. The van der Waals surface area contributed by atoms with Crippen LogP contribution in [-0.4, -0.2) is 10.7 Å². The van der Waals surface area contributed by atoms with Crippen molar-refractivity contribution in [2.75, 3.05) is 0 Å². The first-order valence-corrected chi connectivity index (χ1v) is 5.91. The average Bonchev–Trinajstić information content (AvgIpc) is 2.18. The highest BCUT2D eigenvalue weighted by Crippen LogP contribution is 2.32. The molecule has 16 heavy (non-hydrogen) atoms. The summed E-state index contributed by atoms with van der Waals surface area (Å²) in [5.74, 6) is 1.27. The molecule has 0 aromatic heterocycles. The molecule has 0 fully saturated rings. The Morgan fingerprint density at radius 1 is 1.06 bits per heavy atom. The number of ether oxygens (including phenoxy) is 1. The van der Waals surface area contributed by atoms with Crippen LogP contribution in [0.4, 0.5) is 0 Å². The van der Waals surface area contributed by atoms with Crippen molar-refractivity contribution in [3.05, 3.63) is 23.3 Å². The molecule has 1 rings (SSSR count). The molecule has 0 amide bonds. The Balaban J connectivity index is 3.19. The van der Waals surface area contributed by atoms with Crippen molar-refractivity contribution in [1.82, 2.24) is 0 Å². The van der Waals surface area contributed by atoms with Gasteiger partial charge in [0.2, 0.25) is 0 Å². The third-order valence-electron chi connectivity index (χ3n) is 2.49. The summed E-state index contributed by atoms with van der Waals surface area (Å²) in [7, 11) is 0. The highest BCUT2D eigenvalue weighted by atomic mass is 16.5. The van der Waals surface area contributed by atoms with E-state index in [0.717, 1.165) is 29.7 Å². The smallest absolute Gasteiger partial charge is 0.123 e. The van der Waals surface area contributed by atoms with E-state index in [-0.39, 0.29) is 5.60 Å². The summed E-state index contributed by atoms with van der Waals surface area (Å²) in [5.41, 5.74) is 1.92. The van der Waals surface area contributed by atoms with Gasteiger partial charge in [0, 0.05) is 11.1 Å². The second kappa shape index (κ2) is 4.77. The maximum atomic E-state index is 9.79. The molecule has 2 heteroatoms. The molecular formula is C14H22O2. The third kappa shape index (κ3) is 2.91. The van der Waals surface area contributed by atoms with Crippen LogP contribution in [0.15, 0.2) is 12.1 Å². The number of phenols is 1. The Labute approximate surface area is 98.3 Å². The van der Waals surface area contributed by atoms with Gasteiger partial charge in [0.15, 0.2) is 0 Å². The number of rotatable bonds is 3. The van der Waals surface area contributed by atoms with Crippen molar-refractivity contribution < 1.29 is 9.84 Å².